The lowest BCUT2D eigenvalue weighted by Gasteiger charge is -2.22. The van der Waals surface area contributed by atoms with Crippen LogP contribution in [0.2, 0.25) is 0 Å². The van der Waals surface area contributed by atoms with Gasteiger partial charge in [-0.2, -0.15) is 0 Å². The Kier molecular flexibility index (Phi) is 4.32. The van der Waals surface area contributed by atoms with E-state index in [-0.39, 0.29) is 17.7 Å². The largest absolute Gasteiger partial charge is 0.504 e. The average Bonchev–Trinajstić information content (AvgIpc) is 3.39. The number of carbonyl (C=O) groups excluding carboxylic acids is 1. The first-order valence-electron chi connectivity index (χ1n) is 8.36. The van der Waals surface area contributed by atoms with Crippen molar-refractivity contribution >= 4 is 27.5 Å². The fraction of sp³-hybridized carbons (Fsp3) is 0.263. The molecule has 1 aliphatic rings. The Balaban J connectivity index is 1.65. The maximum atomic E-state index is 13.2. The molecule has 1 fully saturated rings. The van der Waals surface area contributed by atoms with E-state index in [1.165, 1.54) is 7.11 Å². The second kappa shape index (κ2) is 6.64. The van der Waals surface area contributed by atoms with E-state index in [9.17, 15) is 9.90 Å². The van der Waals surface area contributed by atoms with Gasteiger partial charge >= 0.3 is 0 Å². The van der Waals surface area contributed by atoms with Gasteiger partial charge in [0.25, 0.3) is 5.91 Å². The van der Waals surface area contributed by atoms with Crippen LogP contribution in [0.5, 0.6) is 11.5 Å². The Morgan fingerprint density at radius 2 is 2.19 bits per heavy atom. The van der Waals surface area contributed by atoms with Crippen LogP contribution >= 0.6 is 15.9 Å². The molecule has 2 heterocycles. The number of halogens is 1. The molecule has 0 spiro atoms. The zero-order chi connectivity index (χ0) is 18.3. The van der Waals surface area contributed by atoms with E-state index in [1.54, 1.807) is 22.7 Å². The lowest BCUT2D eigenvalue weighted by molar-refractivity contribution is 0.0722. The van der Waals surface area contributed by atoms with Gasteiger partial charge in [-0.25, -0.2) is 4.98 Å². The van der Waals surface area contributed by atoms with E-state index >= 15 is 0 Å². The molecule has 1 aliphatic carbocycles. The Morgan fingerprint density at radius 3 is 2.92 bits per heavy atom. The molecule has 2 aromatic heterocycles. The minimum absolute atomic E-state index is 0.0469. The topological polar surface area (TPSA) is 67.1 Å². The third-order valence-electron chi connectivity index (χ3n) is 4.54. The molecule has 0 saturated heterocycles. The van der Waals surface area contributed by atoms with Crippen LogP contribution in [0.1, 0.15) is 28.9 Å². The smallest absolute Gasteiger partial charge is 0.273 e. The molecule has 0 aliphatic heterocycles. The number of hydrogen-bond acceptors (Lipinski definition) is 4. The Morgan fingerprint density at radius 1 is 1.38 bits per heavy atom. The zero-order valence-electron chi connectivity index (χ0n) is 14.2. The van der Waals surface area contributed by atoms with Gasteiger partial charge in [0.15, 0.2) is 11.5 Å². The third-order valence-corrected chi connectivity index (χ3v) is 5.03. The van der Waals surface area contributed by atoms with Gasteiger partial charge in [-0.3, -0.25) is 9.20 Å². The van der Waals surface area contributed by atoms with Crippen molar-refractivity contribution in [1.29, 1.82) is 0 Å². The minimum Gasteiger partial charge on any atom is -0.504 e. The van der Waals surface area contributed by atoms with Crippen LogP contribution in [0.3, 0.4) is 0 Å². The Hall–Kier alpha value is -2.54. The van der Waals surface area contributed by atoms with Gasteiger partial charge in [0, 0.05) is 23.3 Å². The fourth-order valence-corrected chi connectivity index (χ4v) is 3.35. The quantitative estimate of drug-likeness (QED) is 0.690. The van der Waals surface area contributed by atoms with E-state index in [1.807, 2.05) is 29.3 Å². The number of phenols is 1. The number of carbonyl (C=O) groups is 1. The van der Waals surface area contributed by atoms with Crippen LogP contribution < -0.4 is 4.74 Å². The number of hydrogen-bond donors (Lipinski definition) is 1. The summed E-state index contributed by atoms with van der Waals surface area (Å²) in [4.78, 5) is 19.4. The number of phenolic OH excluding ortho intramolecular Hbond substituents is 1. The molecule has 4 rings (SSSR count). The molecule has 0 unspecified atom stereocenters. The molecule has 1 N–H and O–H groups in total. The van der Waals surface area contributed by atoms with Crippen LogP contribution in [-0.4, -0.2) is 38.4 Å². The van der Waals surface area contributed by atoms with Gasteiger partial charge < -0.3 is 14.7 Å². The SMILES string of the molecule is COc1cc(CN(C(=O)c2cnc3cc(Br)ccn23)C2CC2)ccc1O. The summed E-state index contributed by atoms with van der Waals surface area (Å²) in [5.41, 5.74) is 2.19. The van der Waals surface area contributed by atoms with Gasteiger partial charge in [-0.1, -0.05) is 22.0 Å². The number of amides is 1. The summed E-state index contributed by atoms with van der Waals surface area (Å²) >= 11 is 3.42. The molecular formula is C19H18BrN3O3. The first-order valence-corrected chi connectivity index (χ1v) is 9.15. The van der Waals surface area contributed by atoms with Gasteiger partial charge in [-0.05, 0) is 42.7 Å². The van der Waals surface area contributed by atoms with Crippen LogP contribution in [0, 0.1) is 0 Å². The van der Waals surface area contributed by atoms with Gasteiger partial charge in [-0.15, -0.1) is 0 Å². The number of pyridine rings is 1. The van der Waals surface area contributed by atoms with Crippen LogP contribution in [0.4, 0.5) is 0 Å². The summed E-state index contributed by atoms with van der Waals surface area (Å²) in [6.07, 6.45) is 5.47. The third kappa shape index (κ3) is 3.14. The lowest BCUT2D eigenvalue weighted by atomic mass is 10.1. The predicted octanol–water partition coefficient (Wildman–Crippen LogP) is 3.62. The van der Waals surface area contributed by atoms with Crippen LogP contribution in [-0.2, 0) is 6.54 Å². The highest BCUT2D eigenvalue weighted by Crippen LogP contribution is 2.32. The highest BCUT2D eigenvalue weighted by Gasteiger charge is 2.34. The maximum Gasteiger partial charge on any atom is 0.273 e. The molecule has 3 aromatic rings. The second-order valence-corrected chi connectivity index (χ2v) is 7.30. The number of imidazole rings is 1. The van der Waals surface area contributed by atoms with E-state index in [0.29, 0.717) is 18.0 Å². The molecule has 1 saturated carbocycles. The highest BCUT2D eigenvalue weighted by atomic mass is 79.9. The summed E-state index contributed by atoms with van der Waals surface area (Å²) in [6.45, 7) is 0.462. The van der Waals surface area contributed by atoms with E-state index < -0.39 is 0 Å². The molecule has 134 valence electrons. The summed E-state index contributed by atoms with van der Waals surface area (Å²) < 4.78 is 7.90. The zero-order valence-corrected chi connectivity index (χ0v) is 15.8. The minimum atomic E-state index is -0.0469. The van der Waals surface area contributed by atoms with Crippen molar-refractivity contribution in [3.8, 4) is 11.5 Å². The van der Waals surface area contributed by atoms with Crippen molar-refractivity contribution in [2.75, 3.05) is 7.11 Å². The maximum absolute atomic E-state index is 13.2. The molecular weight excluding hydrogens is 398 g/mol. The van der Waals surface area contributed by atoms with E-state index in [4.69, 9.17) is 4.74 Å². The fourth-order valence-electron chi connectivity index (χ4n) is 3.03. The van der Waals surface area contributed by atoms with Crippen molar-refractivity contribution in [3.05, 3.63) is 58.5 Å². The van der Waals surface area contributed by atoms with E-state index in [2.05, 4.69) is 20.9 Å². The molecule has 0 bridgehead atoms. The number of methoxy groups -OCH3 is 1. The van der Waals surface area contributed by atoms with Crippen molar-refractivity contribution in [1.82, 2.24) is 14.3 Å². The number of nitrogens with zero attached hydrogens (tertiary/aromatic N) is 3. The molecule has 26 heavy (non-hydrogen) atoms. The molecule has 0 radical (unpaired) electrons. The molecule has 1 aromatic carbocycles. The van der Waals surface area contributed by atoms with Crippen molar-refractivity contribution < 1.29 is 14.6 Å². The van der Waals surface area contributed by atoms with Gasteiger partial charge in [0.2, 0.25) is 0 Å². The monoisotopic (exact) mass is 415 g/mol. The standard InChI is InChI=1S/C19H18BrN3O3/c1-26-17-8-12(2-5-16(17)24)11-23(14-3-4-14)19(25)15-10-21-18-9-13(20)6-7-22(15)18/h2,5-10,14,24H,3-4,11H2,1H3. The number of benzene rings is 1. The second-order valence-electron chi connectivity index (χ2n) is 6.39. The first kappa shape index (κ1) is 16.9. The number of rotatable bonds is 5. The summed E-state index contributed by atoms with van der Waals surface area (Å²) in [5.74, 6) is 0.452. The van der Waals surface area contributed by atoms with Crippen molar-refractivity contribution in [2.24, 2.45) is 0 Å². The van der Waals surface area contributed by atoms with Crippen LogP contribution in [0.15, 0.2) is 47.2 Å². The molecule has 7 heteroatoms. The summed E-state index contributed by atoms with van der Waals surface area (Å²) in [6, 6.07) is 9.18. The lowest BCUT2D eigenvalue weighted by Crippen LogP contribution is -2.33. The highest BCUT2D eigenvalue weighted by molar-refractivity contribution is 9.10. The summed E-state index contributed by atoms with van der Waals surface area (Å²) in [5, 5.41) is 9.77. The first-order chi connectivity index (χ1) is 12.6. The van der Waals surface area contributed by atoms with Crippen LogP contribution in [0.25, 0.3) is 5.65 Å². The number of aromatic nitrogens is 2. The van der Waals surface area contributed by atoms with Crippen molar-refractivity contribution in [2.45, 2.75) is 25.4 Å². The number of aromatic hydroxyl groups is 1. The molecule has 0 atom stereocenters. The Labute approximate surface area is 159 Å². The van der Waals surface area contributed by atoms with Gasteiger partial charge in [0.05, 0.1) is 13.3 Å². The average molecular weight is 416 g/mol. The predicted molar refractivity (Wildman–Crippen MR) is 100 cm³/mol. The van der Waals surface area contributed by atoms with Gasteiger partial charge in [0.1, 0.15) is 11.3 Å². The van der Waals surface area contributed by atoms with E-state index in [0.717, 1.165) is 28.5 Å². The normalized spacial score (nSPS) is 13.8. The number of ether oxygens (including phenoxy) is 1. The molecule has 1 amide bonds. The summed E-state index contributed by atoms with van der Waals surface area (Å²) in [7, 11) is 1.51. The van der Waals surface area contributed by atoms with Crippen molar-refractivity contribution in [3.63, 3.8) is 0 Å². The number of fused-ring (bicyclic) bond motifs is 1. The molecule has 6 nitrogen and oxygen atoms in total. The Bertz CT molecular complexity index is 981.